The lowest BCUT2D eigenvalue weighted by atomic mass is 9.91. The molecule has 1 aromatic rings. The Kier molecular flexibility index (Phi) is 5.11. The van der Waals surface area contributed by atoms with Gasteiger partial charge in [0, 0.05) is 32.7 Å². The second kappa shape index (κ2) is 6.66. The van der Waals surface area contributed by atoms with Crippen molar-refractivity contribution in [3.63, 3.8) is 0 Å². The molecular formula is C15H24N2O4. The van der Waals surface area contributed by atoms with Crippen LogP contribution in [0.2, 0.25) is 0 Å². The number of carbonyl (C=O) groups is 1. The maximum absolute atomic E-state index is 11.8. The minimum Gasteiger partial charge on any atom is -0.381 e. The van der Waals surface area contributed by atoms with Gasteiger partial charge in [0.2, 0.25) is 11.7 Å². The van der Waals surface area contributed by atoms with Crippen LogP contribution in [0.3, 0.4) is 0 Å². The van der Waals surface area contributed by atoms with E-state index in [9.17, 15) is 4.79 Å². The average Bonchev–Trinajstić information content (AvgIpc) is 2.89. The van der Waals surface area contributed by atoms with Gasteiger partial charge in [-0.2, -0.15) is 4.98 Å². The zero-order valence-electron chi connectivity index (χ0n) is 13.2. The van der Waals surface area contributed by atoms with Crippen molar-refractivity contribution < 1.29 is 18.8 Å². The van der Waals surface area contributed by atoms with Crippen LogP contribution in [-0.4, -0.2) is 35.7 Å². The van der Waals surface area contributed by atoms with Crippen molar-refractivity contribution in [3.05, 3.63) is 11.7 Å². The lowest BCUT2D eigenvalue weighted by molar-refractivity contribution is -0.120. The Labute approximate surface area is 125 Å². The number of carbonyl (C=O) groups excluding carboxylic acids is 1. The number of rotatable bonds is 6. The van der Waals surface area contributed by atoms with Crippen LogP contribution in [0, 0.1) is 5.92 Å². The average molecular weight is 296 g/mol. The number of nitrogens with zero attached hydrogens (tertiary/aromatic N) is 2. The summed E-state index contributed by atoms with van der Waals surface area (Å²) < 4.78 is 16.7. The summed E-state index contributed by atoms with van der Waals surface area (Å²) in [5, 5.41) is 4.10. The maximum atomic E-state index is 11.8. The van der Waals surface area contributed by atoms with Gasteiger partial charge in [0.15, 0.2) is 0 Å². The summed E-state index contributed by atoms with van der Waals surface area (Å²) >= 11 is 0. The van der Waals surface area contributed by atoms with Crippen LogP contribution in [0.4, 0.5) is 0 Å². The van der Waals surface area contributed by atoms with Gasteiger partial charge in [0.1, 0.15) is 11.4 Å². The van der Waals surface area contributed by atoms with E-state index in [0.717, 1.165) is 0 Å². The van der Waals surface area contributed by atoms with Crippen molar-refractivity contribution in [3.8, 4) is 0 Å². The first kappa shape index (κ1) is 16.1. The zero-order chi connectivity index (χ0) is 15.5. The lowest BCUT2D eigenvalue weighted by Gasteiger charge is -2.33. The Morgan fingerprint density at radius 2 is 2.05 bits per heavy atom. The lowest BCUT2D eigenvalue weighted by Crippen LogP contribution is -2.37. The van der Waals surface area contributed by atoms with Gasteiger partial charge in [-0.25, -0.2) is 0 Å². The SMILES string of the molecule is CCOC1(c2noc(C(C(C)=O)C(C)C)n2)CCOCC1. The summed E-state index contributed by atoms with van der Waals surface area (Å²) in [7, 11) is 0. The monoisotopic (exact) mass is 296 g/mol. The van der Waals surface area contributed by atoms with Gasteiger partial charge in [-0.15, -0.1) is 0 Å². The molecule has 6 nitrogen and oxygen atoms in total. The van der Waals surface area contributed by atoms with Crippen LogP contribution >= 0.6 is 0 Å². The van der Waals surface area contributed by atoms with Crippen molar-refractivity contribution in [2.75, 3.05) is 19.8 Å². The molecule has 0 amide bonds. The molecule has 21 heavy (non-hydrogen) atoms. The quantitative estimate of drug-likeness (QED) is 0.802. The van der Waals surface area contributed by atoms with Gasteiger partial charge in [-0.3, -0.25) is 4.79 Å². The number of aromatic nitrogens is 2. The summed E-state index contributed by atoms with van der Waals surface area (Å²) in [5.74, 6) is 0.726. The predicted octanol–water partition coefficient (Wildman–Crippen LogP) is 2.44. The normalized spacial score (nSPS) is 19.7. The van der Waals surface area contributed by atoms with E-state index in [0.29, 0.717) is 44.4 Å². The van der Waals surface area contributed by atoms with Crippen LogP contribution in [0.1, 0.15) is 58.2 Å². The highest BCUT2D eigenvalue weighted by Crippen LogP contribution is 2.35. The van der Waals surface area contributed by atoms with E-state index in [1.165, 1.54) is 0 Å². The van der Waals surface area contributed by atoms with E-state index in [2.05, 4.69) is 10.1 Å². The van der Waals surface area contributed by atoms with Gasteiger partial charge in [0.05, 0.1) is 5.92 Å². The third-order valence-electron chi connectivity index (χ3n) is 3.94. The van der Waals surface area contributed by atoms with Crippen molar-refractivity contribution in [2.45, 2.75) is 52.1 Å². The molecule has 1 fully saturated rings. The molecule has 2 heterocycles. The smallest absolute Gasteiger partial charge is 0.237 e. The second-order valence-corrected chi connectivity index (χ2v) is 5.83. The highest BCUT2D eigenvalue weighted by Gasteiger charge is 2.41. The van der Waals surface area contributed by atoms with Crippen LogP contribution < -0.4 is 0 Å². The fourth-order valence-electron chi connectivity index (χ4n) is 2.88. The van der Waals surface area contributed by atoms with E-state index in [-0.39, 0.29) is 17.6 Å². The van der Waals surface area contributed by atoms with E-state index >= 15 is 0 Å². The molecule has 1 unspecified atom stereocenters. The molecular weight excluding hydrogens is 272 g/mol. The Morgan fingerprint density at radius 1 is 1.38 bits per heavy atom. The first-order valence-electron chi connectivity index (χ1n) is 7.56. The molecule has 1 saturated heterocycles. The largest absolute Gasteiger partial charge is 0.381 e. The third-order valence-corrected chi connectivity index (χ3v) is 3.94. The van der Waals surface area contributed by atoms with Crippen LogP contribution in [-0.2, 0) is 19.9 Å². The van der Waals surface area contributed by atoms with E-state index in [1.807, 2.05) is 20.8 Å². The first-order valence-corrected chi connectivity index (χ1v) is 7.56. The van der Waals surface area contributed by atoms with Crippen molar-refractivity contribution in [1.29, 1.82) is 0 Å². The van der Waals surface area contributed by atoms with Gasteiger partial charge in [0.25, 0.3) is 0 Å². The number of ether oxygens (including phenoxy) is 2. The van der Waals surface area contributed by atoms with Crippen LogP contribution in [0.25, 0.3) is 0 Å². The minimum absolute atomic E-state index is 0.0395. The fraction of sp³-hybridized carbons (Fsp3) is 0.800. The molecule has 0 spiro atoms. The summed E-state index contributed by atoms with van der Waals surface area (Å²) in [6, 6.07) is 0. The van der Waals surface area contributed by atoms with Crippen LogP contribution in [0.5, 0.6) is 0 Å². The first-order chi connectivity index (χ1) is 10.00. The molecule has 6 heteroatoms. The van der Waals surface area contributed by atoms with Gasteiger partial charge in [-0.05, 0) is 19.8 Å². The number of hydrogen-bond acceptors (Lipinski definition) is 6. The van der Waals surface area contributed by atoms with E-state index in [4.69, 9.17) is 14.0 Å². The molecule has 0 N–H and O–H groups in total. The van der Waals surface area contributed by atoms with Crippen LogP contribution in [0.15, 0.2) is 4.52 Å². The summed E-state index contributed by atoms with van der Waals surface area (Å²) in [5.41, 5.74) is -0.549. The summed E-state index contributed by atoms with van der Waals surface area (Å²) in [6.45, 7) is 9.26. The van der Waals surface area contributed by atoms with Gasteiger partial charge >= 0.3 is 0 Å². The molecule has 0 aliphatic carbocycles. The maximum Gasteiger partial charge on any atom is 0.237 e. The van der Waals surface area contributed by atoms with E-state index in [1.54, 1.807) is 6.92 Å². The molecule has 118 valence electrons. The van der Waals surface area contributed by atoms with Gasteiger partial charge in [-0.1, -0.05) is 19.0 Å². The van der Waals surface area contributed by atoms with Gasteiger partial charge < -0.3 is 14.0 Å². The van der Waals surface area contributed by atoms with Crippen molar-refractivity contribution >= 4 is 5.78 Å². The molecule has 1 atom stereocenters. The molecule has 0 bridgehead atoms. The number of ketones is 1. The third kappa shape index (κ3) is 3.32. The Balaban J connectivity index is 2.30. The molecule has 1 aromatic heterocycles. The minimum atomic E-state index is -0.549. The highest BCUT2D eigenvalue weighted by molar-refractivity contribution is 5.82. The Hall–Kier alpha value is -1.27. The zero-order valence-corrected chi connectivity index (χ0v) is 13.2. The summed E-state index contributed by atoms with van der Waals surface area (Å²) in [6.07, 6.45) is 1.40. The molecule has 0 radical (unpaired) electrons. The molecule has 2 rings (SSSR count). The van der Waals surface area contributed by atoms with Crippen molar-refractivity contribution in [2.24, 2.45) is 5.92 Å². The molecule has 0 saturated carbocycles. The predicted molar refractivity (Wildman–Crippen MR) is 75.9 cm³/mol. The fourth-order valence-corrected chi connectivity index (χ4v) is 2.88. The summed E-state index contributed by atoms with van der Waals surface area (Å²) in [4.78, 5) is 16.3. The van der Waals surface area contributed by atoms with E-state index < -0.39 is 5.60 Å². The number of hydrogen-bond donors (Lipinski definition) is 0. The topological polar surface area (TPSA) is 74.5 Å². The Bertz CT molecular complexity index is 472. The molecule has 1 aliphatic rings. The molecule has 1 aliphatic heterocycles. The standard InChI is InChI=1S/C15H24N2O4/c1-5-20-15(6-8-19-9-7-15)14-16-13(21-17-14)12(10(2)3)11(4)18/h10,12H,5-9H2,1-4H3. The molecule has 0 aromatic carbocycles. The highest BCUT2D eigenvalue weighted by atomic mass is 16.5. The second-order valence-electron chi connectivity index (χ2n) is 5.83. The Morgan fingerprint density at radius 3 is 2.57 bits per heavy atom. The van der Waals surface area contributed by atoms with Crippen molar-refractivity contribution in [1.82, 2.24) is 10.1 Å². The number of Topliss-reactive ketones (excluding diaryl/α,β-unsaturated/α-hetero) is 1.